The summed E-state index contributed by atoms with van der Waals surface area (Å²) in [7, 11) is 2.62. The molecule has 1 aliphatic heterocycles. The molecule has 0 aromatic carbocycles. The molecule has 1 aliphatic rings. The van der Waals surface area contributed by atoms with Crippen LogP contribution in [0.1, 0.15) is 20.3 Å². The van der Waals surface area contributed by atoms with Gasteiger partial charge in [0, 0.05) is 17.5 Å². The monoisotopic (exact) mass is 280 g/mol. The second kappa shape index (κ2) is 8.57. The SMILES string of the molecule is CC(C)NP(OCCC#N)OC1CSSC1. The quantitative estimate of drug-likeness (QED) is 0.439. The first-order valence-corrected chi connectivity index (χ1v) is 8.86. The van der Waals surface area contributed by atoms with Crippen LogP contribution in [0.3, 0.4) is 0 Å². The Morgan fingerprint density at radius 1 is 1.50 bits per heavy atom. The van der Waals surface area contributed by atoms with E-state index in [1.165, 1.54) is 0 Å². The standard InChI is InChI=1S/C9H17N2O2PS2/c1-8(2)11-14(12-5-3-4-10)13-9-6-15-16-7-9/h8-9,11H,3,5-7H2,1-2H3. The molecule has 7 heteroatoms. The highest BCUT2D eigenvalue weighted by Crippen LogP contribution is 2.42. The van der Waals surface area contributed by atoms with Crippen molar-refractivity contribution in [1.29, 1.82) is 5.26 Å². The van der Waals surface area contributed by atoms with Crippen molar-refractivity contribution >= 4 is 30.1 Å². The smallest absolute Gasteiger partial charge is 0.256 e. The number of nitriles is 1. The van der Waals surface area contributed by atoms with Crippen molar-refractivity contribution in [2.75, 3.05) is 18.1 Å². The fourth-order valence-corrected chi connectivity index (χ4v) is 4.98. The molecule has 1 N–H and O–H groups in total. The van der Waals surface area contributed by atoms with E-state index in [0.29, 0.717) is 19.1 Å². The number of hydrogen-bond acceptors (Lipinski definition) is 6. The van der Waals surface area contributed by atoms with E-state index in [0.717, 1.165) is 11.5 Å². The number of hydrogen-bond donors (Lipinski definition) is 1. The first-order valence-electron chi connectivity index (χ1n) is 5.19. The highest BCUT2D eigenvalue weighted by Gasteiger charge is 2.23. The summed E-state index contributed by atoms with van der Waals surface area (Å²) in [6.45, 7) is 4.56. The van der Waals surface area contributed by atoms with Crippen molar-refractivity contribution in [3.63, 3.8) is 0 Å². The fourth-order valence-electron chi connectivity index (χ4n) is 0.976. The summed E-state index contributed by atoms with van der Waals surface area (Å²) in [6.07, 6.45) is 0.685. The van der Waals surface area contributed by atoms with Crippen LogP contribution in [-0.4, -0.2) is 30.3 Å². The van der Waals surface area contributed by atoms with Crippen LogP contribution >= 0.6 is 30.1 Å². The molecule has 0 bridgehead atoms. The Labute approximate surface area is 106 Å². The molecule has 16 heavy (non-hydrogen) atoms. The van der Waals surface area contributed by atoms with E-state index in [1.807, 2.05) is 21.6 Å². The van der Waals surface area contributed by atoms with Gasteiger partial charge < -0.3 is 9.05 Å². The van der Waals surface area contributed by atoms with Gasteiger partial charge in [-0.05, 0) is 13.8 Å². The summed E-state index contributed by atoms with van der Waals surface area (Å²) < 4.78 is 11.4. The van der Waals surface area contributed by atoms with E-state index in [2.05, 4.69) is 25.0 Å². The first kappa shape index (κ1) is 14.6. The van der Waals surface area contributed by atoms with Crippen molar-refractivity contribution in [2.45, 2.75) is 32.4 Å². The number of nitrogens with one attached hydrogen (secondary N) is 1. The molecule has 1 saturated heterocycles. The molecule has 0 saturated carbocycles. The minimum Gasteiger partial charge on any atom is -0.321 e. The molecular formula is C9H17N2O2PS2. The lowest BCUT2D eigenvalue weighted by Gasteiger charge is -2.22. The molecule has 1 rings (SSSR count). The molecule has 92 valence electrons. The zero-order valence-electron chi connectivity index (χ0n) is 9.51. The number of rotatable bonds is 7. The average Bonchev–Trinajstić information content (AvgIpc) is 2.69. The molecule has 1 unspecified atom stereocenters. The summed E-state index contributed by atoms with van der Waals surface area (Å²) in [5.41, 5.74) is 0. The summed E-state index contributed by atoms with van der Waals surface area (Å²) >= 11 is 0. The molecule has 1 atom stereocenters. The first-order chi connectivity index (χ1) is 7.72. The Hall–Kier alpha value is 0.500. The minimum absolute atomic E-state index is 0.273. The van der Waals surface area contributed by atoms with Crippen LogP contribution < -0.4 is 5.09 Å². The summed E-state index contributed by atoms with van der Waals surface area (Å²) in [4.78, 5) is 0. The third kappa shape index (κ3) is 6.29. The van der Waals surface area contributed by atoms with Crippen LogP contribution in [0.25, 0.3) is 0 Å². The predicted molar refractivity (Wildman–Crippen MR) is 71.2 cm³/mol. The minimum atomic E-state index is -1.05. The van der Waals surface area contributed by atoms with Gasteiger partial charge in [-0.3, -0.25) is 0 Å². The molecule has 0 aromatic heterocycles. The fraction of sp³-hybridized carbons (Fsp3) is 0.889. The second-order valence-electron chi connectivity index (χ2n) is 3.58. The molecule has 0 amide bonds. The molecule has 4 nitrogen and oxygen atoms in total. The topological polar surface area (TPSA) is 54.3 Å². The molecule has 0 aromatic rings. The van der Waals surface area contributed by atoms with Crippen LogP contribution in [-0.2, 0) is 9.05 Å². The molecule has 1 heterocycles. The molecule has 0 radical (unpaired) electrons. The summed E-state index contributed by atoms with van der Waals surface area (Å²) in [5, 5.41) is 11.7. The van der Waals surface area contributed by atoms with Gasteiger partial charge in [-0.15, -0.1) is 0 Å². The normalized spacial score (nSPS) is 18.9. The summed E-state index contributed by atoms with van der Waals surface area (Å²) in [6, 6.07) is 2.39. The Morgan fingerprint density at radius 3 is 2.75 bits per heavy atom. The third-order valence-electron chi connectivity index (χ3n) is 1.62. The van der Waals surface area contributed by atoms with E-state index in [-0.39, 0.29) is 6.10 Å². The van der Waals surface area contributed by atoms with Crippen LogP contribution in [0.4, 0.5) is 0 Å². The lowest BCUT2D eigenvalue weighted by molar-refractivity contribution is 0.207. The van der Waals surface area contributed by atoms with Gasteiger partial charge in [0.1, 0.15) is 0 Å². The maximum Gasteiger partial charge on any atom is 0.256 e. The van der Waals surface area contributed by atoms with Crippen LogP contribution in [0.5, 0.6) is 0 Å². The van der Waals surface area contributed by atoms with Gasteiger partial charge in [0.05, 0.1) is 25.2 Å². The zero-order valence-corrected chi connectivity index (χ0v) is 12.0. The van der Waals surface area contributed by atoms with Crippen molar-refractivity contribution in [3.05, 3.63) is 0 Å². The average molecular weight is 280 g/mol. The zero-order chi connectivity index (χ0) is 11.8. The number of nitrogens with zero attached hydrogens (tertiary/aromatic N) is 1. The van der Waals surface area contributed by atoms with Crippen LogP contribution in [0.2, 0.25) is 0 Å². The predicted octanol–water partition coefficient (Wildman–Crippen LogP) is 2.92. The molecule has 0 aliphatic carbocycles. The Morgan fingerprint density at radius 2 is 2.19 bits per heavy atom. The van der Waals surface area contributed by atoms with E-state index in [9.17, 15) is 0 Å². The van der Waals surface area contributed by atoms with E-state index >= 15 is 0 Å². The van der Waals surface area contributed by atoms with Crippen molar-refractivity contribution in [2.24, 2.45) is 0 Å². The van der Waals surface area contributed by atoms with E-state index in [1.54, 1.807) is 0 Å². The lowest BCUT2D eigenvalue weighted by atomic mass is 10.4. The van der Waals surface area contributed by atoms with Gasteiger partial charge in [-0.1, -0.05) is 21.6 Å². The Kier molecular flexibility index (Phi) is 7.80. The lowest BCUT2D eigenvalue weighted by Crippen LogP contribution is -2.23. The van der Waals surface area contributed by atoms with E-state index < -0.39 is 8.53 Å². The summed E-state index contributed by atoms with van der Waals surface area (Å²) in [5.74, 6) is 2.04. The maximum atomic E-state index is 8.45. The third-order valence-corrected chi connectivity index (χ3v) is 5.75. The van der Waals surface area contributed by atoms with Gasteiger partial charge in [0.2, 0.25) is 0 Å². The van der Waals surface area contributed by atoms with Gasteiger partial charge in [-0.2, -0.15) is 5.26 Å². The van der Waals surface area contributed by atoms with Crippen molar-refractivity contribution in [3.8, 4) is 6.07 Å². The van der Waals surface area contributed by atoms with Gasteiger partial charge >= 0.3 is 0 Å². The maximum absolute atomic E-state index is 8.45. The molecule has 1 fully saturated rings. The van der Waals surface area contributed by atoms with E-state index in [4.69, 9.17) is 14.3 Å². The Balaban J connectivity index is 2.27. The highest BCUT2D eigenvalue weighted by molar-refractivity contribution is 8.77. The van der Waals surface area contributed by atoms with Crippen molar-refractivity contribution in [1.82, 2.24) is 5.09 Å². The van der Waals surface area contributed by atoms with Gasteiger partial charge in [0.15, 0.2) is 0 Å². The van der Waals surface area contributed by atoms with Crippen molar-refractivity contribution < 1.29 is 9.05 Å². The van der Waals surface area contributed by atoms with Crippen LogP contribution in [0.15, 0.2) is 0 Å². The van der Waals surface area contributed by atoms with Gasteiger partial charge in [0.25, 0.3) is 8.53 Å². The van der Waals surface area contributed by atoms with Crippen LogP contribution in [0, 0.1) is 11.3 Å². The molecular weight excluding hydrogens is 263 g/mol. The van der Waals surface area contributed by atoms with Gasteiger partial charge in [-0.25, -0.2) is 5.09 Å². The largest absolute Gasteiger partial charge is 0.321 e. The highest BCUT2D eigenvalue weighted by atomic mass is 33.1. The Bertz CT molecular complexity index is 232. The second-order valence-corrected chi connectivity index (χ2v) is 7.37. The molecule has 0 spiro atoms.